The summed E-state index contributed by atoms with van der Waals surface area (Å²) in [5, 5.41) is 9.14. The Morgan fingerprint density at radius 2 is 1.80 bits per heavy atom. The zero-order valence-electron chi connectivity index (χ0n) is 23.7. The highest BCUT2D eigenvalue weighted by Crippen LogP contribution is 2.43. The van der Waals surface area contributed by atoms with Crippen LogP contribution in [0.4, 0.5) is 0 Å². The third-order valence-corrected chi connectivity index (χ3v) is 7.74. The Kier molecular flexibility index (Phi) is 8.33. The molecule has 7 nitrogen and oxygen atoms in total. The highest BCUT2D eigenvalue weighted by molar-refractivity contribution is 5.75. The molecule has 1 unspecified atom stereocenters. The van der Waals surface area contributed by atoms with Crippen LogP contribution in [0.25, 0.3) is 11.1 Å². The molecule has 0 radical (unpaired) electrons. The van der Waals surface area contributed by atoms with Crippen LogP contribution in [0.5, 0.6) is 17.2 Å². The molecule has 0 fully saturated rings. The lowest BCUT2D eigenvalue weighted by Crippen LogP contribution is -2.44. The van der Waals surface area contributed by atoms with Crippen molar-refractivity contribution in [2.75, 3.05) is 33.0 Å². The van der Waals surface area contributed by atoms with Gasteiger partial charge in [0.1, 0.15) is 23.9 Å². The summed E-state index contributed by atoms with van der Waals surface area (Å²) in [6, 6.07) is 16.2. The van der Waals surface area contributed by atoms with Crippen molar-refractivity contribution in [3.8, 4) is 28.4 Å². The summed E-state index contributed by atoms with van der Waals surface area (Å²) < 4.78 is 30.0. The fraction of sp³-hybridized carbons (Fsp3) is 0.424. The first-order valence-corrected chi connectivity index (χ1v) is 14.0. The van der Waals surface area contributed by atoms with Crippen molar-refractivity contribution >= 4 is 5.97 Å². The van der Waals surface area contributed by atoms with Gasteiger partial charge < -0.3 is 28.8 Å². The molecule has 2 heterocycles. The number of aryl methyl sites for hydroxylation is 1. The molecule has 40 heavy (non-hydrogen) atoms. The van der Waals surface area contributed by atoms with Crippen LogP contribution in [-0.2, 0) is 27.3 Å². The zero-order valence-corrected chi connectivity index (χ0v) is 23.7. The fourth-order valence-electron chi connectivity index (χ4n) is 5.82. The third-order valence-electron chi connectivity index (χ3n) is 7.74. The quantitative estimate of drug-likeness (QED) is 0.288. The lowest BCUT2D eigenvalue weighted by atomic mass is 9.88. The molecule has 212 valence electrons. The summed E-state index contributed by atoms with van der Waals surface area (Å²) in [4.78, 5) is 11.1. The monoisotopic (exact) mass is 546 g/mol. The van der Waals surface area contributed by atoms with Crippen LogP contribution in [-0.4, -0.2) is 49.7 Å². The van der Waals surface area contributed by atoms with Gasteiger partial charge in [-0.25, -0.2) is 0 Å². The number of rotatable bonds is 12. The lowest BCUT2D eigenvalue weighted by Gasteiger charge is -2.28. The minimum absolute atomic E-state index is 0.0632. The maximum absolute atomic E-state index is 11.1. The predicted octanol–water partition coefficient (Wildman–Crippen LogP) is 6.25. The van der Waals surface area contributed by atoms with Crippen LogP contribution in [0.1, 0.15) is 54.0 Å². The van der Waals surface area contributed by atoms with Crippen molar-refractivity contribution < 1.29 is 33.6 Å². The Hall–Kier alpha value is -3.55. The van der Waals surface area contributed by atoms with E-state index in [-0.39, 0.29) is 12.3 Å². The van der Waals surface area contributed by atoms with Crippen LogP contribution in [0.2, 0.25) is 0 Å². The van der Waals surface area contributed by atoms with Gasteiger partial charge in [0.05, 0.1) is 26.2 Å². The van der Waals surface area contributed by atoms with E-state index in [0.29, 0.717) is 51.1 Å². The number of benzene rings is 3. The SMILES string of the molecule is CCOCC1(COCC)Cc2c(cc(C)c(-c3cccc(COc4ccc5c(c4)OCC5CC(=O)O)c3)c2C)O1. The van der Waals surface area contributed by atoms with E-state index in [4.69, 9.17) is 28.8 Å². The van der Waals surface area contributed by atoms with E-state index in [1.54, 1.807) is 0 Å². The van der Waals surface area contributed by atoms with E-state index >= 15 is 0 Å². The molecule has 1 N–H and O–H groups in total. The van der Waals surface area contributed by atoms with Crippen LogP contribution >= 0.6 is 0 Å². The number of aliphatic carboxylic acids is 1. The van der Waals surface area contributed by atoms with Crippen molar-refractivity contribution in [1.29, 1.82) is 0 Å². The van der Waals surface area contributed by atoms with Gasteiger partial charge in [0.2, 0.25) is 0 Å². The molecule has 0 saturated carbocycles. The highest BCUT2D eigenvalue weighted by atomic mass is 16.6. The first-order chi connectivity index (χ1) is 19.3. The van der Waals surface area contributed by atoms with Gasteiger partial charge >= 0.3 is 5.97 Å². The smallest absolute Gasteiger partial charge is 0.304 e. The molecular formula is C33H38O7. The summed E-state index contributed by atoms with van der Waals surface area (Å²) in [5.74, 6) is 1.38. The molecule has 0 saturated heterocycles. The maximum atomic E-state index is 11.1. The van der Waals surface area contributed by atoms with Crippen molar-refractivity contribution in [2.45, 2.75) is 58.7 Å². The topological polar surface area (TPSA) is 83.5 Å². The Morgan fingerprint density at radius 1 is 1.02 bits per heavy atom. The largest absolute Gasteiger partial charge is 0.492 e. The van der Waals surface area contributed by atoms with Crippen molar-refractivity contribution in [3.05, 3.63) is 76.3 Å². The second-order valence-corrected chi connectivity index (χ2v) is 10.7. The minimum atomic E-state index is -0.821. The van der Waals surface area contributed by atoms with Crippen molar-refractivity contribution in [3.63, 3.8) is 0 Å². The van der Waals surface area contributed by atoms with Gasteiger partial charge in [0.15, 0.2) is 5.60 Å². The molecule has 3 aromatic rings. The Bertz CT molecular complexity index is 1370. The van der Waals surface area contributed by atoms with E-state index < -0.39 is 11.6 Å². The molecule has 3 aromatic carbocycles. The number of hydrogen-bond acceptors (Lipinski definition) is 6. The van der Waals surface area contributed by atoms with Gasteiger partial charge in [-0.15, -0.1) is 0 Å². The van der Waals surface area contributed by atoms with Crippen LogP contribution in [0.3, 0.4) is 0 Å². The molecular weight excluding hydrogens is 508 g/mol. The molecule has 0 amide bonds. The molecule has 0 aliphatic carbocycles. The average Bonchev–Trinajstić information content (AvgIpc) is 3.51. The third kappa shape index (κ3) is 5.81. The second kappa shape index (κ2) is 11.9. The summed E-state index contributed by atoms with van der Waals surface area (Å²) in [6.07, 6.45) is 0.811. The van der Waals surface area contributed by atoms with Gasteiger partial charge in [-0.3, -0.25) is 4.79 Å². The van der Waals surface area contributed by atoms with E-state index in [2.05, 4.69) is 44.2 Å². The maximum Gasteiger partial charge on any atom is 0.304 e. The summed E-state index contributed by atoms with van der Waals surface area (Å²) in [5.41, 5.74) is 7.41. The van der Waals surface area contributed by atoms with Gasteiger partial charge in [-0.2, -0.15) is 0 Å². The Morgan fingerprint density at radius 3 is 2.52 bits per heavy atom. The van der Waals surface area contributed by atoms with Crippen molar-refractivity contribution in [2.24, 2.45) is 0 Å². The molecule has 7 heteroatoms. The average molecular weight is 547 g/mol. The number of ether oxygens (including phenoxy) is 5. The predicted molar refractivity (Wildman–Crippen MR) is 153 cm³/mol. The highest BCUT2D eigenvalue weighted by Gasteiger charge is 2.41. The molecule has 0 aromatic heterocycles. The standard InChI is InChI=1S/C33H38O7/c1-5-36-19-33(20-37-6-2)16-28-22(4)32(21(3)12-30(28)40-33)24-9-7-8-23(13-24)17-38-26-10-11-27-25(14-31(34)35)18-39-29(27)15-26/h7-13,15,25H,5-6,14,16-20H2,1-4H3,(H,34,35). The van der Waals surface area contributed by atoms with E-state index in [9.17, 15) is 4.79 Å². The number of fused-ring (bicyclic) bond motifs is 2. The van der Waals surface area contributed by atoms with Gasteiger partial charge in [-0.05, 0) is 73.7 Å². The molecule has 5 rings (SSSR count). The fourth-order valence-corrected chi connectivity index (χ4v) is 5.82. The normalized spacial score (nSPS) is 16.6. The number of carboxylic acids is 1. The van der Waals surface area contributed by atoms with Gasteiger partial charge in [0, 0.05) is 42.7 Å². The summed E-state index contributed by atoms with van der Waals surface area (Å²) >= 11 is 0. The van der Waals surface area contributed by atoms with E-state index in [1.807, 2.05) is 32.0 Å². The summed E-state index contributed by atoms with van der Waals surface area (Å²) in [7, 11) is 0. The molecule has 0 spiro atoms. The Labute approximate surface area is 236 Å². The van der Waals surface area contributed by atoms with Crippen LogP contribution in [0.15, 0.2) is 48.5 Å². The number of carbonyl (C=O) groups is 1. The van der Waals surface area contributed by atoms with Crippen molar-refractivity contribution in [1.82, 2.24) is 0 Å². The number of carboxylic acid groups (broad SMARTS) is 1. The first-order valence-electron chi connectivity index (χ1n) is 14.0. The van der Waals surface area contributed by atoms with E-state index in [1.165, 1.54) is 16.7 Å². The van der Waals surface area contributed by atoms with Gasteiger partial charge in [0.25, 0.3) is 0 Å². The molecule has 2 aliphatic heterocycles. The first kappa shape index (κ1) is 28.0. The molecule has 2 aliphatic rings. The number of hydrogen-bond donors (Lipinski definition) is 1. The second-order valence-electron chi connectivity index (χ2n) is 10.7. The zero-order chi connectivity index (χ0) is 28.3. The lowest BCUT2D eigenvalue weighted by molar-refractivity contribution is -0.137. The van der Waals surface area contributed by atoms with Crippen LogP contribution in [0, 0.1) is 13.8 Å². The van der Waals surface area contributed by atoms with Gasteiger partial charge in [-0.1, -0.05) is 24.3 Å². The van der Waals surface area contributed by atoms with Crippen LogP contribution < -0.4 is 14.2 Å². The Balaban J connectivity index is 1.33. The van der Waals surface area contributed by atoms with E-state index in [0.717, 1.165) is 34.4 Å². The molecule has 1 atom stereocenters. The summed E-state index contributed by atoms with van der Waals surface area (Å²) in [6.45, 7) is 11.3. The minimum Gasteiger partial charge on any atom is -0.492 e. The molecule has 0 bridgehead atoms.